The van der Waals surface area contributed by atoms with Crippen molar-refractivity contribution in [2.24, 2.45) is 0 Å². The Morgan fingerprint density at radius 1 is 1.56 bits per heavy atom. The molecule has 1 aromatic heterocycles. The smallest absolute Gasteiger partial charge is 0.116 e. The largest absolute Gasteiger partial charge is 0.397 e. The maximum atomic E-state index is 5.48. The van der Waals surface area contributed by atoms with Crippen molar-refractivity contribution in [1.29, 1.82) is 0 Å². The van der Waals surface area contributed by atoms with Crippen molar-refractivity contribution < 1.29 is 0 Å². The molecule has 2 nitrogen and oxygen atoms in total. The number of rotatable bonds is 0. The van der Waals surface area contributed by atoms with Gasteiger partial charge in [-0.2, -0.15) is 0 Å². The van der Waals surface area contributed by atoms with E-state index in [-0.39, 0.29) is 0 Å². The predicted molar refractivity (Wildman–Crippen MR) is 38.8 cm³/mol. The number of pyridine rings is 1. The van der Waals surface area contributed by atoms with Crippen LogP contribution < -0.4 is 11.2 Å². The van der Waals surface area contributed by atoms with Gasteiger partial charge < -0.3 is 5.73 Å². The molecule has 3 heteroatoms. The number of hydrogen-bond donors (Lipinski definition) is 1. The minimum absolute atomic E-state index is 0.648. The average Bonchev–Trinajstić information content (AvgIpc) is 1.83. The summed E-state index contributed by atoms with van der Waals surface area (Å²) in [5, 5.41) is 0. The monoisotopic (exact) mass is 118 g/mol. The number of anilines is 1. The summed E-state index contributed by atoms with van der Waals surface area (Å²) < 4.78 is 0. The molecule has 0 atom stereocenters. The second kappa shape index (κ2) is 2.09. The highest BCUT2D eigenvalue weighted by molar-refractivity contribution is 6.33. The second-order valence-electron chi connectivity index (χ2n) is 1.94. The van der Waals surface area contributed by atoms with Gasteiger partial charge in [-0.1, -0.05) is 5.46 Å². The lowest BCUT2D eigenvalue weighted by molar-refractivity contribution is 1.32. The first-order valence-corrected chi connectivity index (χ1v) is 2.67. The second-order valence-corrected chi connectivity index (χ2v) is 1.94. The fourth-order valence-electron chi connectivity index (χ4n) is 0.558. The van der Waals surface area contributed by atoms with Crippen molar-refractivity contribution in [3.8, 4) is 0 Å². The average molecular weight is 118 g/mol. The lowest BCUT2D eigenvalue weighted by Gasteiger charge is -2.00. The summed E-state index contributed by atoms with van der Waals surface area (Å²) in [6.45, 7) is 1.87. The first-order valence-electron chi connectivity index (χ1n) is 2.67. The Balaban J connectivity index is 3.25. The van der Waals surface area contributed by atoms with Crippen molar-refractivity contribution in [1.82, 2.24) is 4.98 Å². The molecule has 0 bridgehead atoms. The van der Waals surface area contributed by atoms with E-state index in [0.717, 1.165) is 5.56 Å². The third kappa shape index (κ3) is 1.04. The molecule has 2 N–H and O–H groups in total. The van der Waals surface area contributed by atoms with Crippen molar-refractivity contribution in [2.45, 2.75) is 6.92 Å². The fraction of sp³-hybridized carbons (Fsp3) is 0.167. The Bertz CT molecular complexity index is 202. The zero-order valence-electron chi connectivity index (χ0n) is 5.26. The molecule has 0 unspecified atom stereocenters. The number of nitrogens with zero attached hydrogens (tertiary/aromatic N) is 1. The van der Waals surface area contributed by atoms with Gasteiger partial charge in [0.15, 0.2) is 0 Å². The summed E-state index contributed by atoms with van der Waals surface area (Å²) >= 11 is 0. The third-order valence-corrected chi connectivity index (χ3v) is 1.29. The molecule has 0 aliphatic rings. The highest BCUT2D eigenvalue weighted by Crippen LogP contribution is 2.01. The van der Waals surface area contributed by atoms with Gasteiger partial charge in [0.1, 0.15) is 7.85 Å². The van der Waals surface area contributed by atoms with Crippen LogP contribution in [-0.2, 0) is 0 Å². The van der Waals surface area contributed by atoms with Gasteiger partial charge >= 0.3 is 0 Å². The van der Waals surface area contributed by atoms with Crippen LogP contribution in [-0.4, -0.2) is 12.8 Å². The Kier molecular flexibility index (Phi) is 1.43. The van der Waals surface area contributed by atoms with Crippen LogP contribution in [0, 0.1) is 6.92 Å². The summed E-state index contributed by atoms with van der Waals surface area (Å²) in [4.78, 5) is 3.79. The van der Waals surface area contributed by atoms with E-state index < -0.39 is 0 Å². The molecule has 0 aromatic carbocycles. The Morgan fingerprint density at radius 3 is 2.67 bits per heavy atom. The molecule has 1 heterocycles. The fourth-order valence-corrected chi connectivity index (χ4v) is 0.558. The van der Waals surface area contributed by atoms with Crippen molar-refractivity contribution >= 4 is 19.0 Å². The number of nitrogens with two attached hydrogens (primary N) is 1. The van der Waals surface area contributed by atoms with Gasteiger partial charge in [-0.3, -0.25) is 4.98 Å². The predicted octanol–water partition coefficient (Wildman–Crippen LogP) is -0.234. The lowest BCUT2D eigenvalue weighted by atomic mass is 9.93. The molecule has 44 valence electrons. The van der Waals surface area contributed by atoms with E-state index in [0.29, 0.717) is 11.2 Å². The summed E-state index contributed by atoms with van der Waals surface area (Å²) in [6, 6.07) is 0. The molecule has 1 rings (SSSR count). The topological polar surface area (TPSA) is 38.9 Å². The Labute approximate surface area is 55.5 Å². The van der Waals surface area contributed by atoms with Crippen LogP contribution in [0.1, 0.15) is 5.56 Å². The Hall–Kier alpha value is -0.985. The zero-order chi connectivity index (χ0) is 6.85. The maximum absolute atomic E-state index is 5.48. The summed E-state index contributed by atoms with van der Waals surface area (Å²) in [5.74, 6) is 0. The van der Waals surface area contributed by atoms with Crippen LogP contribution in [0.2, 0.25) is 0 Å². The number of aromatic nitrogens is 1. The standard InChI is InChI=1S/C6H7BN2/c1-4-5(7)2-9-3-6(4)8/h2-3H,8H2,1H3. The van der Waals surface area contributed by atoms with E-state index in [9.17, 15) is 0 Å². The molecule has 0 fully saturated rings. The van der Waals surface area contributed by atoms with Gasteiger partial charge in [-0.25, -0.2) is 0 Å². The van der Waals surface area contributed by atoms with Gasteiger partial charge in [-0.05, 0) is 12.5 Å². The van der Waals surface area contributed by atoms with Gasteiger partial charge in [0.2, 0.25) is 0 Å². The van der Waals surface area contributed by atoms with E-state index in [4.69, 9.17) is 13.6 Å². The zero-order valence-corrected chi connectivity index (χ0v) is 5.26. The van der Waals surface area contributed by atoms with E-state index in [1.54, 1.807) is 12.4 Å². The first-order chi connectivity index (χ1) is 4.22. The van der Waals surface area contributed by atoms with Gasteiger partial charge in [0.25, 0.3) is 0 Å². The number of nitrogen functional groups attached to an aromatic ring is 1. The van der Waals surface area contributed by atoms with Crippen molar-refractivity contribution in [2.75, 3.05) is 5.73 Å². The molecule has 0 aliphatic carbocycles. The van der Waals surface area contributed by atoms with Crippen LogP contribution in [0.4, 0.5) is 5.69 Å². The minimum Gasteiger partial charge on any atom is -0.397 e. The molecule has 0 saturated heterocycles. The molecule has 2 radical (unpaired) electrons. The van der Waals surface area contributed by atoms with E-state index in [2.05, 4.69) is 4.98 Å². The summed E-state index contributed by atoms with van der Waals surface area (Å²) in [5.41, 5.74) is 7.68. The molecule has 9 heavy (non-hydrogen) atoms. The number of hydrogen-bond acceptors (Lipinski definition) is 2. The SMILES string of the molecule is [B]c1cncc(N)c1C. The van der Waals surface area contributed by atoms with Gasteiger partial charge in [0.05, 0.1) is 5.69 Å². The first kappa shape index (κ1) is 6.14. The molecule has 0 spiro atoms. The molecular formula is C6H7BN2. The highest BCUT2D eigenvalue weighted by Gasteiger charge is 1.93. The van der Waals surface area contributed by atoms with Gasteiger partial charge in [0, 0.05) is 12.4 Å². The molecule has 0 amide bonds. The highest BCUT2D eigenvalue weighted by atomic mass is 14.7. The normalized spacial score (nSPS) is 9.44. The molecule has 0 saturated carbocycles. The Morgan fingerprint density at radius 2 is 2.22 bits per heavy atom. The van der Waals surface area contributed by atoms with E-state index in [1.807, 2.05) is 6.92 Å². The lowest BCUT2D eigenvalue weighted by Crippen LogP contribution is -2.10. The van der Waals surface area contributed by atoms with E-state index >= 15 is 0 Å². The third-order valence-electron chi connectivity index (χ3n) is 1.29. The molecule has 1 aromatic rings. The van der Waals surface area contributed by atoms with Crippen LogP contribution in [0.5, 0.6) is 0 Å². The molecular weight excluding hydrogens is 111 g/mol. The van der Waals surface area contributed by atoms with E-state index in [1.165, 1.54) is 0 Å². The summed E-state index contributed by atoms with van der Waals surface area (Å²) in [6.07, 6.45) is 3.18. The van der Waals surface area contributed by atoms with Crippen LogP contribution in [0.25, 0.3) is 0 Å². The summed E-state index contributed by atoms with van der Waals surface area (Å²) in [7, 11) is 5.48. The van der Waals surface area contributed by atoms with Crippen molar-refractivity contribution in [3.05, 3.63) is 18.0 Å². The van der Waals surface area contributed by atoms with Crippen LogP contribution in [0.3, 0.4) is 0 Å². The molecule has 0 aliphatic heterocycles. The maximum Gasteiger partial charge on any atom is 0.116 e. The van der Waals surface area contributed by atoms with Crippen molar-refractivity contribution in [3.63, 3.8) is 0 Å². The van der Waals surface area contributed by atoms with Gasteiger partial charge in [-0.15, -0.1) is 0 Å². The minimum atomic E-state index is 0.648. The van der Waals surface area contributed by atoms with Crippen LogP contribution in [0.15, 0.2) is 12.4 Å². The quantitative estimate of drug-likeness (QED) is 0.477. The van der Waals surface area contributed by atoms with Crippen LogP contribution >= 0.6 is 0 Å².